The summed E-state index contributed by atoms with van der Waals surface area (Å²) in [6.45, 7) is 7.34. The largest absolute Gasteiger partial charge is 0.346 e. The van der Waals surface area contributed by atoms with Gasteiger partial charge in [0.2, 0.25) is 10.0 Å². The van der Waals surface area contributed by atoms with E-state index in [1.54, 1.807) is 20.8 Å². The lowest BCUT2D eigenvalue weighted by molar-refractivity contribution is 0.0950. The first kappa shape index (κ1) is 19.8. The van der Waals surface area contributed by atoms with Crippen LogP contribution in [0, 0.1) is 6.92 Å². The maximum Gasteiger partial charge on any atom is 0.251 e. The summed E-state index contributed by atoms with van der Waals surface area (Å²) in [6, 6.07) is 4.17. The SMILES string of the molecule is Cc1csc(CNC(=O)c2ccc(Cl)c(S(=O)(=O)NC(C)(C)C)c2)n1. The maximum absolute atomic E-state index is 12.5. The average Bonchev–Trinajstić information content (AvgIpc) is 2.88. The van der Waals surface area contributed by atoms with Crippen LogP contribution in [-0.2, 0) is 16.6 Å². The molecule has 0 saturated carbocycles. The fourth-order valence-corrected chi connectivity index (χ4v) is 4.71. The molecule has 0 radical (unpaired) electrons. The lowest BCUT2D eigenvalue weighted by Crippen LogP contribution is -2.40. The standard InChI is InChI=1S/C16H20ClN3O3S2/c1-10-9-24-14(19-10)8-18-15(21)11-5-6-12(17)13(7-11)25(22,23)20-16(2,3)4/h5-7,9,20H,8H2,1-4H3,(H,18,21). The van der Waals surface area contributed by atoms with E-state index in [0.717, 1.165) is 10.7 Å². The molecule has 0 unspecified atom stereocenters. The van der Waals surface area contributed by atoms with Gasteiger partial charge in [0, 0.05) is 22.2 Å². The molecular weight excluding hydrogens is 382 g/mol. The van der Waals surface area contributed by atoms with Crippen molar-refractivity contribution < 1.29 is 13.2 Å². The van der Waals surface area contributed by atoms with Gasteiger partial charge in [0.05, 0.1) is 11.6 Å². The maximum atomic E-state index is 12.5. The molecule has 1 aromatic carbocycles. The smallest absolute Gasteiger partial charge is 0.251 e. The molecule has 0 atom stereocenters. The van der Waals surface area contributed by atoms with Crippen molar-refractivity contribution >= 4 is 38.9 Å². The first-order valence-corrected chi connectivity index (χ1v) is 10.2. The molecule has 2 rings (SSSR count). The Labute approximate surface area is 156 Å². The molecule has 1 aromatic heterocycles. The van der Waals surface area contributed by atoms with Crippen molar-refractivity contribution in [1.82, 2.24) is 15.0 Å². The number of thiazole rings is 1. The van der Waals surface area contributed by atoms with Gasteiger partial charge in [-0.05, 0) is 45.9 Å². The van der Waals surface area contributed by atoms with Gasteiger partial charge in [-0.15, -0.1) is 11.3 Å². The molecule has 0 aliphatic rings. The van der Waals surface area contributed by atoms with Crippen LogP contribution in [0.2, 0.25) is 5.02 Å². The molecule has 0 aliphatic heterocycles. The van der Waals surface area contributed by atoms with E-state index in [1.165, 1.54) is 29.5 Å². The number of hydrogen-bond donors (Lipinski definition) is 2. The van der Waals surface area contributed by atoms with Crippen LogP contribution in [0.5, 0.6) is 0 Å². The van der Waals surface area contributed by atoms with Crippen molar-refractivity contribution in [3.63, 3.8) is 0 Å². The Bertz CT molecular complexity index is 886. The van der Waals surface area contributed by atoms with Gasteiger partial charge in [-0.3, -0.25) is 4.79 Å². The molecule has 0 aliphatic carbocycles. The predicted octanol–water partition coefficient (Wildman–Crippen LogP) is 3.11. The first-order valence-electron chi connectivity index (χ1n) is 7.51. The van der Waals surface area contributed by atoms with Crippen LogP contribution in [0.3, 0.4) is 0 Å². The molecule has 1 heterocycles. The zero-order valence-electron chi connectivity index (χ0n) is 14.4. The summed E-state index contributed by atoms with van der Waals surface area (Å²) in [7, 11) is -3.84. The molecule has 0 bridgehead atoms. The number of carbonyl (C=O) groups is 1. The van der Waals surface area contributed by atoms with Crippen molar-refractivity contribution in [3.05, 3.63) is 44.9 Å². The van der Waals surface area contributed by atoms with Crippen molar-refractivity contribution in [2.45, 2.75) is 44.7 Å². The van der Waals surface area contributed by atoms with Gasteiger partial charge in [0.15, 0.2) is 0 Å². The Kier molecular flexibility index (Phi) is 5.88. The molecular formula is C16H20ClN3O3S2. The number of aryl methyl sites for hydroxylation is 1. The fourth-order valence-electron chi connectivity index (χ4n) is 2.05. The number of nitrogens with one attached hydrogen (secondary N) is 2. The number of benzene rings is 1. The highest BCUT2D eigenvalue weighted by molar-refractivity contribution is 7.89. The van der Waals surface area contributed by atoms with E-state index in [1.807, 2.05) is 12.3 Å². The number of aromatic nitrogens is 1. The topological polar surface area (TPSA) is 88.2 Å². The summed E-state index contributed by atoms with van der Waals surface area (Å²) in [5.41, 5.74) is 0.442. The second-order valence-electron chi connectivity index (χ2n) is 6.57. The Morgan fingerprint density at radius 2 is 2.00 bits per heavy atom. The van der Waals surface area contributed by atoms with Crippen LogP contribution in [0.15, 0.2) is 28.5 Å². The summed E-state index contributed by atoms with van der Waals surface area (Å²) < 4.78 is 27.5. The monoisotopic (exact) mass is 401 g/mol. The summed E-state index contributed by atoms with van der Waals surface area (Å²) >= 11 is 7.48. The normalized spacial score (nSPS) is 12.2. The third kappa shape index (κ3) is 5.50. The van der Waals surface area contributed by atoms with Crippen LogP contribution in [0.4, 0.5) is 0 Å². The van der Waals surface area contributed by atoms with Crippen molar-refractivity contribution in [2.75, 3.05) is 0 Å². The summed E-state index contributed by atoms with van der Waals surface area (Å²) in [5, 5.41) is 5.46. The minimum atomic E-state index is -3.84. The summed E-state index contributed by atoms with van der Waals surface area (Å²) in [6.07, 6.45) is 0. The van der Waals surface area contributed by atoms with Crippen LogP contribution >= 0.6 is 22.9 Å². The summed E-state index contributed by atoms with van der Waals surface area (Å²) in [5.74, 6) is -0.392. The van der Waals surface area contributed by atoms with E-state index >= 15 is 0 Å². The number of amides is 1. The Morgan fingerprint density at radius 3 is 2.56 bits per heavy atom. The minimum absolute atomic E-state index is 0.0591. The molecule has 2 aromatic rings. The quantitative estimate of drug-likeness (QED) is 0.805. The minimum Gasteiger partial charge on any atom is -0.346 e. The van der Waals surface area contributed by atoms with E-state index in [9.17, 15) is 13.2 Å². The third-order valence-corrected chi connectivity index (χ3v) is 6.20. The van der Waals surface area contributed by atoms with E-state index in [0.29, 0.717) is 0 Å². The van der Waals surface area contributed by atoms with Gasteiger partial charge < -0.3 is 5.32 Å². The number of nitrogens with zero attached hydrogens (tertiary/aromatic N) is 1. The van der Waals surface area contributed by atoms with Crippen molar-refractivity contribution in [3.8, 4) is 0 Å². The molecule has 0 spiro atoms. The highest BCUT2D eigenvalue weighted by Crippen LogP contribution is 2.24. The zero-order valence-corrected chi connectivity index (χ0v) is 16.8. The summed E-state index contributed by atoms with van der Waals surface area (Å²) in [4.78, 5) is 16.4. The van der Waals surface area contributed by atoms with Gasteiger partial charge in [-0.25, -0.2) is 18.1 Å². The Morgan fingerprint density at radius 1 is 1.32 bits per heavy atom. The first-order chi connectivity index (χ1) is 11.5. The van der Waals surface area contributed by atoms with Gasteiger partial charge in [-0.2, -0.15) is 0 Å². The number of rotatable bonds is 5. The van der Waals surface area contributed by atoms with Crippen molar-refractivity contribution in [2.24, 2.45) is 0 Å². The van der Waals surface area contributed by atoms with Gasteiger partial charge in [0.1, 0.15) is 9.90 Å². The highest BCUT2D eigenvalue weighted by Gasteiger charge is 2.25. The molecule has 25 heavy (non-hydrogen) atoms. The molecule has 0 saturated heterocycles. The van der Waals surface area contributed by atoms with Gasteiger partial charge >= 0.3 is 0 Å². The third-order valence-electron chi connectivity index (χ3n) is 2.99. The second-order valence-corrected chi connectivity index (χ2v) is 9.57. The Hall–Kier alpha value is -1.48. The number of carbonyl (C=O) groups excluding carboxylic acids is 1. The zero-order chi connectivity index (χ0) is 18.8. The van der Waals surface area contributed by atoms with Gasteiger partial charge in [0.25, 0.3) is 5.91 Å². The van der Waals surface area contributed by atoms with E-state index in [-0.39, 0.29) is 22.0 Å². The second kappa shape index (κ2) is 7.41. The molecule has 6 nitrogen and oxygen atoms in total. The van der Waals surface area contributed by atoms with Crippen LogP contribution in [-0.4, -0.2) is 24.8 Å². The van der Waals surface area contributed by atoms with Crippen LogP contribution in [0.1, 0.15) is 41.8 Å². The molecule has 1 amide bonds. The Balaban J connectivity index is 2.21. The predicted molar refractivity (Wildman–Crippen MR) is 99.5 cm³/mol. The number of halogens is 1. The molecule has 2 N–H and O–H groups in total. The molecule has 0 fully saturated rings. The van der Waals surface area contributed by atoms with Crippen LogP contribution < -0.4 is 10.0 Å². The molecule has 136 valence electrons. The van der Waals surface area contributed by atoms with Crippen molar-refractivity contribution in [1.29, 1.82) is 0 Å². The molecule has 9 heteroatoms. The van der Waals surface area contributed by atoms with E-state index < -0.39 is 21.5 Å². The van der Waals surface area contributed by atoms with E-state index in [2.05, 4.69) is 15.0 Å². The lowest BCUT2D eigenvalue weighted by Gasteiger charge is -2.21. The number of hydrogen-bond acceptors (Lipinski definition) is 5. The highest BCUT2D eigenvalue weighted by atomic mass is 35.5. The average molecular weight is 402 g/mol. The van der Waals surface area contributed by atoms with Gasteiger partial charge in [-0.1, -0.05) is 11.6 Å². The van der Waals surface area contributed by atoms with E-state index in [4.69, 9.17) is 11.6 Å². The number of sulfonamides is 1. The lowest BCUT2D eigenvalue weighted by atomic mass is 10.1. The fraction of sp³-hybridized carbons (Fsp3) is 0.375. The van der Waals surface area contributed by atoms with Crippen LogP contribution in [0.25, 0.3) is 0 Å².